The third-order valence-corrected chi connectivity index (χ3v) is 5.25. The summed E-state index contributed by atoms with van der Waals surface area (Å²) in [5.41, 5.74) is 5.28. The predicted molar refractivity (Wildman–Crippen MR) is 85.4 cm³/mol. The number of rotatable bonds is 1. The second-order valence-electron chi connectivity index (χ2n) is 7.34. The van der Waals surface area contributed by atoms with Gasteiger partial charge in [-0.15, -0.1) is 0 Å². The lowest BCUT2D eigenvalue weighted by Gasteiger charge is -2.34. The molecule has 3 aliphatic rings. The maximum atomic E-state index is 6.25. The molecular formula is C19H24O3. The summed E-state index contributed by atoms with van der Waals surface area (Å²) in [4.78, 5) is 0. The van der Waals surface area contributed by atoms with Crippen molar-refractivity contribution in [1.82, 2.24) is 0 Å². The van der Waals surface area contributed by atoms with Crippen molar-refractivity contribution in [3.63, 3.8) is 0 Å². The van der Waals surface area contributed by atoms with Crippen molar-refractivity contribution in [2.24, 2.45) is 5.92 Å². The molecular weight excluding hydrogens is 276 g/mol. The van der Waals surface area contributed by atoms with E-state index in [2.05, 4.69) is 45.0 Å². The second kappa shape index (κ2) is 4.67. The van der Waals surface area contributed by atoms with Crippen LogP contribution in [0.5, 0.6) is 0 Å². The molecule has 0 radical (unpaired) electrons. The van der Waals surface area contributed by atoms with Crippen LogP contribution >= 0.6 is 0 Å². The standard InChI is InChI=1S/C19H24O3/c1-10-6-8-13(9-7-10)14-11(2)15-17-18(16(20-15)12(14)3)22-19(4,5)21-17/h6-9,11,15-18H,1-5H3/t11-,15+,16-,17+,18-/m1/s1. The molecule has 1 aromatic carbocycles. The number of aryl methyl sites for hydroxylation is 1. The maximum absolute atomic E-state index is 6.25. The Kier molecular flexibility index (Phi) is 3.06. The van der Waals surface area contributed by atoms with Crippen LogP contribution in [0.4, 0.5) is 0 Å². The smallest absolute Gasteiger partial charge is 0.164 e. The van der Waals surface area contributed by atoms with Gasteiger partial charge in [-0.2, -0.15) is 0 Å². The van der Waals surface area contributed by atoms with E-state index in [0.717, 1.165) is 0 Å². The van der Waals surface area contributed by atoms with Crippen LogP contribution in [0.3, 0.4) is 0 Å². The van der Waals surface area contributed by atoms with E-state index in [9.17, 15) is 0 Å². The molecule has 0 amide bonds. The zero-order valence-electron chi connectivity index (χ0n) is 13.9. The maximum Gasteiger partial charge on any atom is 0.164 e. The molecule has 3 heteroatoms. The van der Waals surface area contributed by atoms with Crippen molar-refractivity contribution in [2.45, 2.75) is 64.8 Å². The van der Waals surface area contributed by atoms with Crippen LogP contribution in [0.2, 0.25) is 0 Å². The first-order valence-corrected chi connectivity index (χ1v) is 8.16. The van der Waals surface area contributed by atoms with E-state index >= 15 is 0 Å². The lowest BCUT2D eigenvalue weighted by Crippen LogP contribution is -2.36. The lowest BCUT2D eigenvalue weighted by molar-refractivity contribution is -0.187. The molecule has 0 saturated carbocycles. The Morgan fingerprint density at radius 1 is 0.909 bits per heavy atom. The molecule has 2 saturated heterocycles. The predicted octanol–water partition coefficient (Wildman–Crippen LogP) is 3.71. The Morgan fingerprint density at radius 2 is 1.55 bits per heavy atom. The quantitative estimate of drug-likeness (QED) is 0.791. The molecule has 2 fully saturated rings. The summed E-state index contributed by atoms with van der Waals surface area (Å²) in [6.45, 7) is 10.5. The first-order chi connectivity index (χ1) is 10.4. The van der Waals surface area contributed by atoms with Crippen molar-refractivity contribution in [1.29, 1.82) is 0 Å². The van der Waals surface area contributed by atoms with Gasteiger partial charge in [0, 0.05) is 5.92 Å². The molecule has 22 heavy (non-hydrogen) atoms. The number of fused-ring (bicyclic) bond motifs is 5. The van der Waals surface area contributed by atoms with Crippen molar-refractivity contribution in [3.8, 4) is 0 Å². The monoisotopic (exact) mass is 300 g/mol. The van der Waals surface area contributed by atoms with Crippen molar-refractivity contribution in [2.75, 3.05) is 0 Å². The highest BCUT2D eigenvalue weighted by atomic mass is 16.8. The van der Waals surface area contributed by atoms with Crippen LogP contribution in [0, 0.1) is 12.8 Å². The molecule has 118 valence electrons. The van der Waals surface area contributed by atoms with E-state index in [1.54, 1.807) is 0 Å². The van der Waals surface area contributed by atoms with Gasteiger partial charge in [0.1, 0.15) is 18.3 Å². The van der Waals surface area contributed by atoms with E-state index in [1.165, 1.54) is 22.3 Å². The van der Waals surface area contributed by atoms with Gasteiger partial charge in [0.25, 0.3) is 0 Å². The highest BCUT2D eigenvalue weighted by Crippen LogP contribution is 2.50. The number of ether oxygens (including phenoxy) is 3. The molecule has 0 unspecified atom stereocenters. The molecule has 3 heterocycles. The number of hydrogen-bond donors (Lipinski definition) is 0. The van der Waals surface area contributed by atoms with Gasteiger partial charge >= 0.3 is 0 Å². The molecule has 5 atom stereocenters. The molecule has 3 nitrogen and oxygen atoms in total. The second-order valence-corrected chi connectivity index (χ2v) is 7.34. The van der Waals surface area contributed by atoms with Gasteiger partial charge in [-0.3, -0.25) is 0 Å². The minimum absolute atomic E-state index is 0.0179. The Bertz CT molecular complexity index is 629. The van der Waals surface area contributed by atoms with Crippen LogP contribution in [0.15, 0.2) is 29.8 Å². The summed E-state index contributed by atoms with van der Waals surface area (Å²) in [7, 11) is 0. The Balaban J connectivity index is 1.76. The zero-order chi connectivity index (χ0) is 15.6. The highest BCUT2D eigenvalue weighted by molar-refractivity contribution is 5.73. The molecule has 0 N–H and O–H groups in total. The molecule has 3 aliphatic heterocycles. The van der Waals surface area contributed by atoms with Gasteiger partial charge < -0.3 is 14.2 Å². The minimum Gasteiger partial charge on any atom is -0.364 e. The summed E-state index contributed by atoms with van der Waals surface area (Å²) in [6.07, 6.45) is 0.152. The summed E-state index contributed by atoms with van der Waals surface area (Å²) in [6, 6.07) is 8.79. The van der Waals surface area contributed by atoms with Gasteiger partial charge in [-0.25, -0.2) is 0 Å². The fourth-order valence-electron chi connectivity index (χ4n) is 4.28. The van der Waals surface area contributed by atoms with Gasteiger partial charge in [0.2, 0.25) is 0 Å². The van der Waals surface area contributed by atoms with Gasteiger partial charge in [0.15, 0.2) is 5.79 Å². The average Bonchev–Trinajstić information content (AvgIpc) is 2.91. The van der Waals surface area contributed by atoms with E-state index < -0.39 is 5.79 Å². The van der Waals surface area contributed by atoms with Crippen LogP contribution in [-0.4, -0.2) is 30.2 Å². The van der Waals surface area contributed by atoms with E-state index in [0.29, 0.717) is 5.92 Å². The number of benzene rings is 1. The zero-order valence-corrected chi connectivity index (χ0v) is 13.9. The number of hydrogen-bond acceptors (Lipinski definition) is 3. The Morgan fingerprint density at radius 3 is 2.23 bits per heavy atom. The largest absolute Gasteiger partial charge is 0.364 e. The molecule has 4 rings (SSSR count). The molecule has 1 aromatic rings. The molecule has 0 spiro atoms. The third-order valence-electron chi connectivity index (χ3n) is 5.25. The lowest BCUT2D eigenvalue weighted by atomic mass is 9.84. The summed E-state index contributed by atoms with van der Waals surface area (Å²) >= 11 is 0. The first-order valence-electron chi connectivity index (χ1n) is 8.16. The van der Waals surface area contributed by atoms with E-state index in [1.807, 2.05) is 13.8 Å². The van der Waals surface area contributed by atoms with Crippen LogP contribution in [0.25, 0.3) is 5.57 Å². The van der Waals surface area contributed by atoms with Crippen LogP contribution in [0.1, 0.15) is 38.8 Å². The normalized spacial score (nSPS) is 39.2. The van der Waals surface area contributed by atoms with Gasteiger partial charge in [-0.05, 0) is 44.4 Å². The van der Waals surface area contributed by atoms with E-state index in [-0.39, 0.29) is 24.4 Å². The highest BCUT2D eigenvalue weighted by Gasteiger charge is 2.59. The van der Waals surface area contributed by atoms with Crippen molar-refractivity contribution < 1.29 is 14.2 Å². The van der Waals surface area contributed by atoms with Gasteiger partial charge in [-0.1, -0.05) is 36.8 Å². The molecule has 0 aliphatic carbocycles. The summed E-state index contributed by atoms with van der Waals surface area (Å²) in [5.74, 6) is -0.191. The summed E-state index contributed by atoms with van der Waals surface area (Å²) in [5, 5.41) is 0. The first kappa shape index (κ1) is 14.4. The SMILES string of the molecule is CC1=C(c2ccc(C)cc2)[C@@H](C)[C@@H]2O[C@H]1[C@H]1OC(C)(C)O[C@@H]21. The van der Waals surface area contributed by atoms with E-state index in [4.69, 9.17) is 14.2 Å². The fraction of sp³-hybridized carbons (Fsp3) is 0.579. The topological polar surface area (TPSA) is 27.7 Å². The van der Waals surface area contributed by atoms with Gasteiger partial charge in [0.05, 0.1) is 6.10 Å². The van der Waals surface area contributed by atoms with Crippen molar-refractivity contribution in [3.05, 3.63) is 41.0 Å². The Labute approximate surface area is 132 Å². The Hall–Kier alpha value is -1.16. The summed E-state index contributed by atoms with van der Waals surface area (Å²) < 4.78 is 18.5. The third kappa shape index (κ3) is 1.99. The molecule has 2 bridgehead atoms. The average molecular weight is 300 g/mol. The van der Waals surface area contributed by atoms with Crippen LogP contribution < -0.4 is 0 Å². The minimum atomic E-state index is -0.503. The van der Waals surface area contributed by atoms with Crippen molar-refractivity contribution >= 4 is 5.57 Å². The molecule has 0 aromatic heterocycles. The fourth-order valence-corrected chi connectivity index (χ4v) is 4.28. The van der Waals surface area contributed by atoms with Crippen LogP contribution in [-0.2, 0) is 14.2 Å².